The fourth-order valence-electron chi connectivity index (χ4n) is 4.22. The molecule has 0 aromatic heterocycles. The Labute approximate surface area is 183 Å². The molecule has 1 amide bonds. The van der Waals surface area contributed by atoms with Gasteiger partial charge in [-0.05, 0) is 44.7 Å². The number of hydrogen-bond donors (Lipinski definition) is 1. The van der Waals surface area contributed by atoms with Gasteiger partial charge in [-0.2, -0.15) is 0 Å². The number of likely N-dealkylation sites (tertiary alicyclic amines) is 1. The Balaban J connectivity index is 1.81. The van der Waals surface area contributed by atoms with E-state index < -0.39 is 5.97 Å². The summed E-state index contributed by atoms with van der Waals surface area (Å²) in [6.45, 7) is 5.11. The third-order valence-electron chi connectivity index (χ3n) is 5.63. The van der Waals surface area contributed by atoms with Gasteiger partial charge in [0.15, 0.2) is 6.54 Å². The zero-order valence-corrected chi connectivity index (χ0v) is 18.3. The smallest absolute Gasteiger partial charge is 0.340 e. The number of anilines is 1. The highest BCUT2D eigenvalue weighted by atomic mass is 35.5. The lowest BCUT2D eigenvalue weighted by atomic mass is 10.1. The van der Waals surface area contributed by atoms with Crippen molar-refractivity contribution in [1.82, 2.24) is 0 Å². The number of esters is 1. The van der Waals surface area contributed by atoms with Gasteiger partial charge in [-0.15, -0.1) is 0 Å². The molecule has 1 fully saturated rings. The first kappa shape index (κ1) is 22.3. The maximum absolute atomic E-state index is 13.1. The van der Waals surface area contributed by atoms with Gasteiger partial charge in [0.1, 0.15) is 6.54 Å². The Kier molecular flexibility index (Phi) is 7.88. The van der Waals surface area contributed by atoms with E-state index in [2.05, 4.69) is 17.4 Å². The maximum atomic E-state index is 13.1. The quantitative estimate of drug-likeness (QED) is 0.495. The number of rotatable bonds is 7. The second-order valence-electron chi connectivity index (χ2n) is 7.94. The van der Waals surface area contributed by atoms with Crippen molar-refractivity contribution in [2.45, 2.75) is 39.2 Å². The lowest BCUT2D eigenvalue weighted by molar-refractivity contribution is -0.932. The Bertz CT molecular complexity index is 862. The third kappa shape index (κ3) is 5.83. The number of quaternary nitrogens is 1. The monoisotopic (exact) mass is 429 g/mol. The molecule has 5 nitrogen and oxygen atoms in total. The lowest BCUT2D eigenvalue weighted by Crippen LogP contribution is -2.52. The minimum atomic E-state index is -0.488. The van der Waals surface area contributed by atoms with Crippen molar-refractivity contribution in [3.8, 4) is 0 Å². The van der Waals surface area contributed by atoms with Crippen LogP contribution >= 0.6 is 11.6 Å². The second-order valence-corrected chi connectivity index (χ2v) is 8.34. The largest absolute Gasteiger partial charge is 0.462 e. The molecule has 1 saturated heterocycles. The fraction of sp³-hybridized carbons (Fsp3) is 0.417. The highest BCUT2D eigenvalue weighted by Crippen LogP contribution is 2.28. The molecule has 30 heavy (non-hydrogen) atoms. The summed E-state index contributed by atoms with van der Waals surface area (Å²) in [5, 5.41) is 3.24. The Morgan fingerprint density at radius 1 is 1.00 bits per heavy atom. The molecular formula is C24H30ClN2O3+. The van der Waals surface area contributed by atoms with Crippen LogP contribution in [0.2, 0.25) is 5.02 Å². The SMILES string of the molecule is CCOC(=O)c1cccc(Cl)c1NC(=O)C[N+]1(Cc2ccccc2)CCCCCC1. The Morgan fingerprint density at radius 2 is 1.70 bits per heavy atom. The first-order chi connectivity index (χ1) is 14.5. The van der Waals surface area contributed by atoms with Crippen LogP contribution in [-0.2, 0) is 16.1 Å². The van der Waals surface area contributed by atoms with Crippen LogP contribution in [0.3, 0.4) is 0 Å². The predicted octanol–water partition coefficient (Wildman–Crippen LogP) is 5.05. The molecule has 0 bridgehead atoms. The zero-order valence-electron chi connectivity index (χ0n) is 17.5. The van der Waals surface area contributed by atoms with Crippen molar-refractivity contribution >= 4 is 29.2 Å². The molecule has 0 atom stereocenters. The van der Waals surface area contributed by atoms with Crippen LogP contribution in [0.1, 0.15) is 48.5 Å². The molecule has 2 aromatic carbocycles. The van der Waals surface area contributed by atoms with E-state index in [1.54, 1.807) is 25.1 Å². The fourth-order valence-corrected chi connectivity index (χ4v) is 4.44. The van der Waals surface area contributed by atoms with E-state index in [1.165, 1.54) is 18.4 Å². The van der Waals surface area contributed by atoms with E-state index in [4.69, 9.17) is 16.3 Å². The number of carbonyl (C=O) groups is 2. The van der Waals surface area contributed by atoms with Crippen LogP contribution in [0.5, 0.6) is 0 Å². The molecule has 0 saturated carbocycles. The highest BCUT2D eigenvalue weighted by Gasteiger charge is 2.32. The van der Waals surface area contributed by atoms with Crippen molar-refractivity contribution in [1.29, 1.82) is 0 Å². The lowest BCUT2D eigenvalue weighted by Gasteiger charge is -2.37. The molecule has 1 aliphatic heterocycles. The molecule has 0 unspecified atom stereocenters. The average Bonchev–Trinajstić information content (AvgIpc) is 2.95. The number of nitrogens with one attached hydrogen (secondary N) is 1. The summed E-state index contributed by atoms with van der Waals surface area (Å²) in [5.41, 5.74) is 1.84. The van der Waals surface area contributed by atoms with Crippen LogP contribution in [0.25, 0.3) is 0 Å². The van der Waals surface area contributed by atoms with Crippen LogP contribution < -0.4 is 5.32 Å². The van der Waals surface area contributed by atoms with Crippen molar-refractivity contribution < 1.29 is 18.8 Å². The first-order valence-corrected chi connectivity index (χ1v) is 11.1. The summed E-state index contributed by atoms with van der Waals surface area (Å²) in [7, 11) is 0. The Morgan fingerprint density at radius 3 is 2.37 bits per heavy atom. The predicted molar refractivity (Wildman–Crippen MR) is 120 cm³/mol. The van der Waals surface area contributed by atoms with Gasteiger partial charge < -0.3 is 14.5 Å². The van der Waals surface area contributed by atoms with Gasteiger partial charge >= 0.3 is 5.97 Å². The number of nitrogens with zero attached hydrogens (tertiary/aromatic N) is 1. The van der Waals surface area contributed by atoms with Crippen LogP contribution in [0.4, 0.5) is 5.69 Å². The van der Waals surface area contributed by atoms with E-state index >= 15 is 0 Å². The third-order valence-corrected chi connectivity index (χ3v) is 5.94. The topological polar surface area (TPSA) is 55.4 Å². The van der Waals surface area contributed by atoms with Crippen molar-refractivity contribution in [2.75, 3.05) is 31.6 Å². The van der Waals surface area contributed by atoms with Gasteiger partial charge in [0.2, 0.25) is 0 Å². The summed E-state index contributed by atoms with van der Waals surface area (Å²) in [4.78, 5) is 25.4. The normalized spacial score (nSPS) is 15.8. The molecule has 0 spiro atoms. The molecule has 0 aliphatic carbocycles. The van der Waals surface area contributed by atoms with Crippen LogP contribution in [0.15, 0.2) is 48.5 Å². The molecule has 1 N–H and O–H groups in total. The standard InChI is InChI=1S/C24H29ClN2O3/c1-2-30-24(29)20-13-10-14-21(25)23(20)26-22(28)18-27(15-8-3-4-9-16-27)17-19-11-6-5-7-12-19/h5-7,10-14H,2-4,8-9,15-18H2,1H3/p+1. The summed E-state index contributed by atoms with van der Waals surface area (Å²) in [5.74, 6) is -0.621. The van der Waals surface area contributed by atoms with E-state index in [-0.39, 0.29) is 18.1 Å². The molecule has 160 valence electrons. The number of carbonyl (C=O) groups excluding carboxylic acids is 2. The molecular weight excluding hydrogens is 400 g/mol. The second kappa shape index (κ2) is 10.6. The Hall–Kier alpha value is -2.37. The molecule has 1 aliphatic rings. The summed E-state index contributed by atoms with van der Waals surface area (Å²) < 4.78 is 5.84. The zero-order chi connectivity index (χ0) is 21.4. The summed E-state index contributed by atoms with van der Waals surface area (Å²) in [6, 6.07) is 15.3. The number of amides is 1. The minimum Gasteiger partial charge on any atom is -0.462 e. The number of benzene rings is 2. The molecule has 3 rings (SSSR count). The number of ether oxygens (including phenoxy) is 1. The van der Waals surface area contributed by atoms with Crippen LogP contribution in [0, 0.1) is 0 Å². The highest BCUT2D eigenvalue weighted by molar-refractivity contribution is 6.34. The summed E-state index contributed by atoms with van der Waals surface area (Å²) >= 11 is 6.32. The maximum Gasteiger partial charge on any atom is 0.340 e. The minimum absolute atomic E-state index is 0.133. The molecule has 2 aromatic rings. The van der Waals surface area contributed by atoms with E-state index in [1.807, 2.05) is 18.2 Å². The van der Waals surface area contributed by atoms with E-state index in [0.29, 0.717) is 17.3 Å². The number of hydrogen-bond acceptors (Lipinski definition) is 3. The number of halogens is 1. The van der Waals surface area contributed by atoms with Crippen LogP contribution in [-0.4, -0.2) is 42.6 Å². The van der Waals surface area contributed by atoms with E-state index in [0.717, 1.165) is 37.0 Å². The summed E-state index contributed by atoms with van der Waals surface area (Å²) in [6.07, 6.45) is 4.63. The van der Waals surface area contributed by atoms with Gasteiger partial charge in [0, 0.05) is 5.56 Å². The molecule has 6 heteroatoms. The van der Waals surface area contributed by atoms with Crippen molar-refractivity contribution in [3.05, 3.63) is 64.7 Å². The molecule has 0 radical (unpaired) electrons. The van der Waals surface area contributed by atoms with Crippen molar-refractivity contribution in [2.24, 2.45) is 0 Å². The van der Waals surface area contributed by atoms with Gasteiger partial charge in [-0.25, -0.2) is 4.79 Å². The van der Waals surface area contributed by atoms with Crippen molar-refractivity contribution in [3.63, 3.8) is 0 Å². The van der Waals surface area contributed by atoms with E-state index in [9.17, 15) is 9.59 Å². The van der Waals surface area contributed by atoms with Gasteiger partial charge in [0.25, 0.3) is 5.91 Å². The molecule has 1 heterocycles. The van der Waals surface area contributed by atoms with Gasteiger partial charge in [0.05, 0.1) is 36.0 Å². The van der Waals surface area contributed by atoms with Gasteiger partial charge in [-0.1, -0.05) is 48.0 Å². The van der Waals surface area contributed by atoms with Gasteiger partial charge in [-0.3, -0.25) is 4.79 Å². The number of para-hydroxylation sites is 1. The average molecular weight is 430 g/mol. The first-order valence-electron chi connectivity index (χ1n) is 10.7.